The molecular weight excluding hydrogens is 260 g/mol. The van der Waals surface area contributed by atoms with E-state index in [4.69, 9.17) is 0 Å². The Bertz CT molecular complexity index is 454. The average molecular weight is 269 g/mol. The van der Waals surface area contributed by atoms with Crippen LogP contribution in [0.15, 0.2) is 23.3 Å². The van der Waals surface area contributed by atoms with Crippen LogP contribution in [0.3, 0.4) is 0 Å². The van der Waals surface area contributed by atoms with E-state index < -0.39 is 0 Å². The second-order valence-electron chi connectivity index (χ2n) is 2.93. The Kier molecular flexibility index (Phi) is 2.91. The minimum Gasteiger partial charge on any atom is -0.362 e. The molecule has 2 aromatic heterocycles. The predicted octanol–water partition coefficient (Wildman–Crippen LogP) is 0.980. The molecule has 2 aromatic rings. The van der Waals surface area contributed by atoms with Crippen molar-refractivity contribution in [1.29, 1.82) is 0 Å². The Hall–Kier alpha value is -1.50. The molecule has 0 saturated heterocycles. The van der Waals surface area contributed by atoms with E-state index in [2.05, 4.69) is 41.4 Å². The summed E-state index contributed by atoms with van der Waals surface area (Å²) in [6.45, 7) is 0.576. The number of aryl methyl sites for hydroxylation is 1. The van der Waals surface area contributed by atoms with Crippen LogP contribution in [0, 0.1) is 0 Å². The van der Waals surface area contributed by atoms with Crippen LogP contribution in [-0.4, -0.2) is 24.7 Å². The molecule has 0 aliphatic heterocycles. The summed E-state index contributed by atoms with van der Waals surface area (Å²) in [7, 11) is 1.89. The second-order valence-corrected chi connectivity index (χ2v) is 3.79. The lowest BCUT2D eigenvalue weighted by molar-refractivity contribution is 0.809. The van der Waals surface area contributed by atoms with Crippen LogP contribution < -0.4 is 5.32 Å². The molecule has 0 aromatic carbocycles. The molecule has 1 N–H and O–H groups in total. The van der Waals surface area contributed by atoms with E-state index in [-0.39, 0.29) is 0 Å². The summed E-state index contributed by atoms with van der Waals surface area (Å²) in [5, 5.41) is 10.9. The van der Waals surface area contributed by atoms with Gasteiger partial charge in [-0.1, -0.05) is 0 Å². The van der Waals surface area contributed by atoms with Gasteiger partial charge in [0, 0.05) is 13.2 Å². The first-order valence-electron chi connectivity index (χ1n) is 4.29. The molecule has 0 amide bonds. The Morgan fingerprint density at radius 2 is 2.40 bits per heavy atom. The molecule has 0 bridgehead atoms. The van der Waals surface area contributed by atoms with Gasteiger partial charge in [-0.15, -0.1) is 10.2 Å². The first kappa shape index (κ1) is 10.0. The predicted molar refractivity (Wildman–Crippen MR) is 58.1 cm³/mol. The van der Waals surface area contributed by atoms with Crippen molar-refractivity contribution in [1.82, 2.24) is 24.7 Å². The summed E-state index contributed by atoms with van der Waals surface area (Å²) in [6.07, 6.45) is 4.84. The molecule has 0 unspecified atom stereocenters. The van der Waals surface area contributed by atoms with Crippen molar-refractivity contribution in [2.75, 3.05) is 5.32 Å². The maximum Gasteiger partial charge on any atom is 0.151 e. The van der Waals surface area contributed by atoms with Gasteiger partial charge >= 0.3 is 0 Å². The fourth-order valence-electron chi connectivity index (χ4n) is 1.07. The van der Waals surface area contributed by atoms with Gasteiger partial charge in [0.05, 0.1) is 11.0 Å². The van der Waals surface area contributed by atoms with Crippen LogP contribution in [0.4, 0.5) is 5.82 Å². The van der Waals surface area contributed by atoms with Crippen molar-refractivity contribution < 1.29 is 0 Å². The number of aromatic nitrogens is 5. The quantitative estimate of drug-likeness (QED) is 0.899. The van der Waals surface area contributed by atoms with Crippen LogP contribution in [-0.2, 0) is 13.6 Å². The number of nitrogens with one attached hydrogen (secondary N) is 1. The summed E-state index contributed by atoms with van der Waals surface area (Å²) in [5.41, 5.74) is 0. The third-order valence-corrected chi connectivity index (χ3v) is 2.47. The van der Waals surface area contributed by atoms with Crippen LogP contribution >= 0.6 is 15.9 Å². The maximum absolute atomic E-state index is 4.08. The zero-order chi connectivity index (χ0) is 10.7. The molecule has 0 saturated carbocycles. The number of anilines is 1. The van der Waals surface area contributed by atoms with E-state index in [0.29, 0.717) is 6.54 Å². The molecule has 2 heterocycles. The second kappa shape index (κ2) is 4.35. The third kappa shape index (κ3) is 2.30. The Labute approximate surface area is 94.9 Å². The fourth-order valence-corrected chi connectivity index (χ4v) is 1.43. The zero-order valence-electron chi connectivity index (χ0n) is 8.05. The number of rotatable bonds is 3. The molecule has 0 radical (unpaired) electrons. The van der Waals surface area contributed by atoms with E-state index in [1.54, 1.807) is 12.5 Å². The van der Waals surface area contributed by atoms with Crippen LogP contribution in [0.2, 0.25) is 0 Å². The van der Waals surface area contributed by atoms with Gasteiger partial charge in [0.25, 0.3) is 0 Å². The van der Waals surface area contributed by atoms with Crippen LogP contribution in [0.1, 0.15) is 5.82 Å². The van der Waals surface area contributed by atoms with Gasteiger partial charge in [-0.05, 0) is 15.9 Å². The lowest BCUT2D eigenvalue weighted by Gasteiger charge is -2.05. The highest BCUT2D eigenvalue weighted by atomic mass is 79.9. The van der Waals surface area contributed by atoms with Gasteiger partial charge in [-0.2, -0.15) is 0 Å². The smallest absolute Gasteiger partial charge is 0.151 e. The number of hydrogen-bond acceptors (Lipinski definition) is 5. The minimum absolute atomic E-state index is 0.576. The van der Waals surface area contributed by atoms with Crippen molar-refractivity contribution in [2.45, 2.75) is 6.54 Å². The minimum atomic E-state index is 0.576. The normalized spacial score (nSPS) is 10.3. The van der Waals surface area contributed by atoms with Crippen molar-refractivity contribution in [3.05, 3.63) is 29.1 Å². The molecule has 0 spiro atoms. The maximum atomic E-state index is 4.08. The summed E-state index contributed by atoms with van der Waals surface area (Å²) in [4.78, 5) is 7.96. The van der Waals surface area contributed by atoms with Crippen LogP contribution in [0.5, 0.6) is 0 Å². The molecule has 7 heteroatoms. The third-order valence-electron chi connectivity index (χ3n) is 1.89. The largest absolute Gasteiger partial charge is 0.362 e. The number of hydrogen-bond donors (Lipinski definition) is 1. The van der Waals surface area contributed by atoms with Gasteiger partial charge in [-0.25, -0.2) is 9.97 Å². The standard InChI is InChI=1S/C8H9BrN6/c1-15-5-13-14-7(15)3-11-8-6(9)2-10-4-12-8/h2,4-5H,3H2,1H3,(H,10,11,12). The van der Waals surface area contributed by atoms with Crippen LogP contribution in [0.25, 0.3) is 0 Å². The summed E-state index contributed by atoms with van der Waals surface area (Å²) < 4.78 is 2.68. The van der Waals surface area contributed by atoms with E-state index in [9.17, 15) is 0 Å². The Balaban J connectivity index is 2.06. The highest BCUT2D eigenvalue weighted by Gasteiger charge is 2.03. The lowest BCUT2D eigenvalue weighted by Crippen LogP contribution is -2.07. The zero-order valence-corrected chi connectivity index (χ0v) is 9.64. The van der Waals surface area contributed by atoms with Crippen molar-refractivity contribution in [3.63, 3.8) is 0 Å². The van der Waals surface area contributed by atoms with Gasteiger partial charge < -0.3 is 9.88 Å². The lowest BCUT2D eigenvalue weighted by atomic mass is 10.5. The number of nitrogens with zero attached hydrogens (tertiary/aromatic N) is 5. The van der Waals surface area contributed by atoms with E-state index in [1.807, 2.05) is 11.6 Å². The molecular formula is C8H9BrN6. The van der Waals surface area contributed by atoms with E-state index in [0.717, 1.165) is 16.1 Å². The van der Waals surface area contributed by atoms with Gasteiger partial charge in [0.15, 0.2) is 5.82 Å². The molecule has 78 valence electrons. The molecule has 0 aliphatic carbocycles. The van der Waals surface area contributed by atoms with Crippen molar-refractivity contribution in [2.24, 2.45) is 7.05 Å². The summed E-state index contributed by atoms with van der Waals surface area (Å²) in [6, 6.07) is 0. The summed E-state index contributed by atoms with van der Waals surface area (Å²) >= 11 is 3.35. The SMILES string of the molecule is Cn1cnnc1CNc1ncncc1Br. The molecule has 0 fully saturated rings. The Morgan fingerprint density at radius 3 is 3.07 bits per heavy atom. The summed E-state index contributed by atoms with van der Waals surface area (Å²) in [5.74, 6) is 1.59. The molecule has 0 aliphatic rings. The first-order valence-corrected chi connectivity index (χ1v) is 5.09. The topological polar surface area (TPSA) is 68.5 Å². The average Bonchev–Trinajstić information content (AvgIpc) is 2.63. The van der Waals surface area contributed by atoms with Gasteiger partial charge in [0.1, 0.15) is 18.5 Å². The van der Waals surface area contributed by atoms with Crippen molar-refractivity contribution in [3.8, 4) is 0 Å². The van der Waals surface area contributed by atoms with Gasteiger partial charge in [0.2, 0.25) is 0 Å². The van der Waals surface area contributed by atoms with Crippen molar-refractivity contribution >= 4 is 21.7 Å². The number of halogens is 1. The monoisotopic (exact) mass is 268 g/mol. The highest BCUT2D eigenvalue weighted by molar-refractivity contribution is 9.10. The molecule has 6 nitrogen and oxygen atoms in total. The van der Waals surface area contributed by atoms with E-state index >= 15 is 0 Å². The van der Waals surface area contributed by atoms with E-state index in [1.165, 1.54) is 6.33 Å². The highest BCUT2D eigenvalue weighted by Crippen LogP contribution is 2.17. The van der Waals surface area contributed by atoms with Gasteiger partial charge in [-0.3, -0.25) is 0 Å². The fraction of sp³-hybridized carbons (Fsp3) is 0.250. The molecule has 2 rings (SSSR count). The first-order chi connectivity index (χ1) is 7.27. The molecule has 15 heavy (non-hydrogen) atoms. The Morgan fingerprint density at radius 1 is 1.53 bits per heavy atom. The molecule has 0 atom stereocenters.